The van der Waals surface area contributed by atoms with Gasteiger partial charge in [0, 0.05) is 5.57 Å². The molecule has 0 spiro atoms. The highest BCUT2D eigenvalue weighted by atomic mass is 16.5. The molecular formula is C8H11NO3. The second-order valence-electron chi connectivity index (χ2n) is 2.12. The van der Waals surface area contributed by atoms with Crippen LogP contribution in [0.3, 0.4) is 0 Å². The predicted octanol–water partition coefficient (Wildman–Crippen LogP) is 1.00. The van der Waals surface area contributed by atoms with E-state index in [1.165, 1.54) is 13.0 Å². The summed E-state index contributed by atoms with van der Waals surface area (Å²) in [6.07, 6.45) is 0.619. The molecule has 0 saturated carbocycles. The third kappa shape index (κ3) is 4.27. The van der Waals surface area contributed by atoms with Crippen molar-refractivity contribution in [2.24, 2.45) is 0 Å². The van der Waals surface area contributed by atoms with Crippen molar-refractivity contribution in [3.05, 3.63) is 24.8 Å². The molecule has 0 rings (SSSR count). The molecule has 12 heavy (non-hydrogen) atoms. The van der Waals surface area contributed by atoms with Crippen LogP contribution in [0.15, 0.2) is 24.8 Å². The molecule has 0 heterocycles. The molecule has 0 radical (unpaired) electrons. The van der Waals surface area contributed by atoms with Crippen LogP contribution in [0.4, 0.5) is 4.79 Å². The lowest BCUT2D eigenvalue weighted by atomic mass is 10.3. The number of carbonyl (C=O) groups excluding carboxylic acids is 2. The minimum absolute atomic E-state index is 0.0787. The zero-order valence-electron chi connectivity index (χ0n) is 6.92. The Bertz CT molecular complexity index is 220. The van der Waals surface area contributed by atoms with Gasteiger partial charge in [-0.05, 0) is 6.92 Å². The van der Waals surface area contributed by atoms with Crippen LogP contribution >= 0.6 is 0 Å². The summed E-state index contributed by atoms with van der Waals surface area (Å²) in [5, 5.41) is 1.97. The number of nitrogens with one attached hydrogen (secondary N) is 1. The molecule has 66 valence electrons. The lowest BCUT2D eigenvalue weighted by Gasteiger charge is -2.02. The van der Waals surface area contributed by atoms with Crippen molar-refractivity contribution in [1.29, 1.82) is 0 Å². The smallest absolute Gasteiger partial charge is 0.414 e. The van der Waals surface area contributed by atoms with Crippen molar-refractivity contribution in [2.45, 2.75) is 6.92 Å². The molecule has 0 aliphatic carbocycles. The summed E-state index contributed by atoms with van der Waals surface area (Å²) in [4.78, 5) is 21.5. The molecule has 0 aliphatic heterocycles. The molecule has 2 amide bonds. The lowest BCUT2D eigenvalue weighted by molar-refractivity contribution is -0.116. The van der Waals surface area contributed by atoms with Gasteiger partial charge in [-0.15, -0.1) is 0 Å². The standard InChI is InChI=1S/C8H11NO3/c1-4-5-12-8(11)9-7(10)6(2)3/h4H,1-2,5H2,3H3,(H,9,10,11). The van der Waals surface area contributed by atoms with E-state index in [1.807, 2.05) is 5.32 Å². The SMILES string of the molecule is C=CCOC(=O)NC(=O)C(=C)C. The van der Waals surface area contributed by atoms with E-state index in [0.717, 1.165) is 0 Å². The van der Waals surface area contributed by atoms with Gasteiger partial charge in [-0.2, -0.15) is 0 Å². The average molecular weight is 169 g/mol. The van der Waals surface area contributed by atoms with Gasteiger partial charge in [0.05, 0.1) is 0 Å². The molecule has 0 aliphatic rings. The summed E-state index contributed by atoms with van der Waals surface area (Å²) in [6.45, 7) is 8.26. The van der Waals surface area contributed by atoms with E-state index in [0.29, 0.717) is 0 Å². The van der Waals surface area contributed by atoms with Crippen LogP contribution in [0, 0.1) is 0 Å². The van der Waals surface area contributed by atoms with Crippen molar-refractivity contribution in [3.63, 3.8) is 0 Å². The monoisotopic (exact) mass is 169 g/mol. The number of imide groups is 1. The van der Waals surface area contributed by atoms with Gasteiger partial charge in [-0.25, -0.2) is 4.79 Å². The molecule has 0 aromatic carbocycles. The van der Waals surface area contributed by atoms with Gasteiger partial charge < -0.3 is 4.74 Å². The molecular weight excluding hydrogens is 158 g/mol. The zero-order valence-corrected chi connectivity index (χ0v) is 6.92. The number of alkyl carbamates (subject to hydrolysis) is 1. The normalized spacial score (nSPS) is 8.42. The maximum absolute atomic E-state index is 10.8. The molecule has 0 unspecified atom stereocenters. The van der Waals surface area contributed by atoms with Gasteiger partial charge in [0.15, 0.2) is 0 Å². The van der Waals surface area contributed by atoms with Crippen molar-refractivity contribution in [2.75, 3.05) is 6.61 Å². The summed E-state index contributed by atoms with van der Waals surface area (Å²) in [5.41, 5.74) is 0.255. The molecule has 0 aromatic heterocycles. The highest BCUT2D eigenvalue weighted by Crippen LogP contribution is 1.86. The van der Waals surface area contributed by atoms with Gasteiger partial charge in [0.2, 0.25) is 0 Å². The van der Waals surface area contributed by atoms with Crippen LogP contribution < -0.4 is 5.32 Å². The van der Waals surface area contributed by atoms with Gasteiger partial charge in [-0.3, -0.25) is 10.1 Å². The first kappa shape index (κ1) is 10.4. The molecule has 0 saturated heterocycles. The van der Waals surface area contributed by atoms with Crippen molar-refractivity contribution >= 4 is 12.0 Å². The third-order valence-corrected chi connectivity index (χ3v) is 0.935. The first-order chi connectivity index (χ1) is 5.57. The number of carbonyl (C=O) groups is 2. The Morgan fingerprint density at radius 2 is 2.17 bits per heavy atom. The summed E-state index contributed by atoms with van der Waals surface area (Å²) >= 11 is 0. The van der Waals surface area contributed by atoms with Gasteiger partial charge in [0.25, 0.3) is 5.91 Å². The molecule has 0 atom stereocenters. The van der Waals surface area contributed by atoms with E-state index in [9.17, 15) is 9.59 Å². The van der Waals surface area contributed by atoms with Crippen molar-refractivity contribution < 1.29 is 14.3 Å². The first-order valence-electron chi connectivity index (χ1n) is 3.32. The summed E-state index contributed by atoms with van der Waals surface area (Å²) in [5.74, 6) is -0.538. The minimum Gasteiger partial charge on any atom is -0.445 e. The number of ether oxygens (including phenoxy) is 1. The Morgan fingerprint density at radius 3 is 2.58 bits per heavy atom. The molecule has 4 nitrogen and oxygen atoms in total. The Labute approximate surface area is 70.9 Å². The van der Waals surface area contributed by atoms with E-state index >= 15 is 0 Å². The largest absolute Gasteiger partial charge is 0.445 e. The number of hydrogen-bond acceptors (Lipinski definition) is 3. The fourth-order valence-electron chi connectivity index (χ4n) is 0.370. The highest BCUT2D eigenvalue weighted by Gasteiger charge is 2.07. The number of rotatable bonds is 3. The van der Waals surface area contributed by atoms with E-state index in [1.54, 1.807) is 0 Å². The quantitative estimate of drug-likeness (QED) is 0.506. The maximum atomic E-state index is 10.8. The van der Waals surface area contributed by atoms with E-state index in [4.69, 9.17) is 0 Å². The van der Waals surface area contributed by atoms with E-state index < -0.39 is 12.0 Å². The van der Waals surface area contributed by atoms with Gasteiger partial charge in [-0.1, -0.05) is 19.2 Å². The van der Waals surface area contributed by atoms with Crippen LogP contribution in [-0.2, 0) is 9.53 Å². The topological polar surface area (TPSA) is 55.4 Å². The second kappa shape index (κ2) is 5.12. The Kier molecular flexibility index (Phi) is 4.45. The van der Waals surface area contributed by atoms with E-state index in [2.05, 4.69) is 17.9 Å². The number of amides is 2. The average Bonchev–Trinajstić information content (AvgIpc) is 2.00. The third-order valence-electron chi connectivity index (χ3n) is 0.935. The van der Waals surface area contributed by atoms with Crippen LogP contribution in [0.25, 0.3) is 0 Å². The summed E-state index contributed by atoms with van der Waals surface area (Å²) < 4.78 is 4.48. The van der Waals surface area contributed by atoms with Gasteiger partial charge in [0.1, 0.15) is 6.61 Å². The van der Waals surface area contributed by atoms with Crippen LogP contribution in [-0.4, -0.2) is 18.6 Å². The van der Waals surface area contributed by atoms with Crippen molar-refractivity contribution in [3.8, 4) is 0 Å². The Balaban J connectivity index is 3.76. The van der Waals surface area contributed by atoms with Crippen LogP contribution in [0.2, 0.25) is 0 Å². The lowest BCUT2D eigenvalue weighted by Crippen LogP contribution is -2.31. The zero-order chi connectivity index (χ0) is 9.56. The molecule has 4 heteroatoms. The summed E-state index contributed by atoms with van der Waals surface area (Å²) in [7, 11) is 0. The molecule has 1 N–H and O–H groups in total. The highest BCUT2D eigenvalue weighted by molar-refractivity contribution is 6.01. The number of hydrogen-bond donors (Lipinski definition) is 1. The summed E-state index contributed by atoms with van der Waals surface area (Å²) in [6, 6.07) is 0. The van der Waals surface area contributed by atoms with Gasteiger partial charge >= 0.3 is 6.09 Å². The van der Waals surface area contributed by atoms with Crippen LogP contribution in [0.1, 0.15) is 6.92 Å². The maximum Gasteiger partial charge on any atom is 0.414 e. The second-order valence-corrected chi connectivity index (χ2v) is 2.12. The molecule has 0 fully saturated rings. The fourth-order valence-corrected chi connectivity index (χ4v) is 0.370. The predicted molar refractivity (Wildman–Crippen MR) is 44.5 cm³/mol. The van der Waals surface area contributed by atoms with Crippen LogP contribution in [0.5, 0.6) is 0 Å². The Hall–Kier alpha value is -1.58. The molecule has 0 aromatic rings. The fraction of sp³-hybridized carbons (Fsp3) is 0.250. The Morgan fingerprint density at radius 1 is 1.58 bits per heavy atom. The molecule has 0 bridgehead atoms. The van der Waals surface area contributed by atoms with Crippen molar-refractivity contribution in [1.82, 2.24) is 5.32 Å². The first-order valence-corrected chi connectivity index (χ1v) is 3.32. The van der Waals surface area contributed by atoms with E-state index in [-0.39, 0.29) is 12.2 Å². The minimum atomic E-state index is -0.789.